The predicted molar refractivity (Wildman–Crippen MR) is 165 cm³/mol. The zero-order valence-corrected chi connectivity index (χ0v) is 23.6. The van der Waals surface area contributed by atoms with Crippen molar-refractivity contribution >= 4 is 50.7 Å². The molecule has 1 N–H and O–H groups in total. The zero-order valence-electron chi connectivity index (χ0n) is 22.8. The molecule has 0 unspecified atom stereocenters. The molecule has 6 rings (SSSR count). The standard InChI is InChI=1S/C32H29N5O3S/c1-21-10-3-7-14-27(21)39-17-9-16-36-19-23(24-12-5-6-13-26(24)36)18-25-30(33)37-32(34-31(25)38)41-29(35-37)20-40-28-15-8-4-11-22(28)2/h3-8,10-15,18-19,33H,9,16-17,20H2,1-2H3. The Labute approximate surface area is 242 Å². The summed E-state index contributed by atoms with van der Waals surface area (Å²) >= 11 is 1.25. The first kappa shape index (κ1) is 26.6. The van der Waals surface area contributed by atoms with E-state index in [4.69, 9.17) is 14.9 Å². The lowest BCUT2D eigenvalue weighted by Gasteiger charge is -2.20. The molecule has 0 aliphatic carbocycles. The second-order valence-electron chi connectivity index (χ2n) is 9.83. The SMILES string of the molecule is Cc1ccccc1OCCCn1cc(C=C2C(=N)N3N=C(COc4ccccc4C)SC3=NC2=O)c2ccccc21. The Hall–Kier alpha value is -4.63. The van der Waals surface area contributed by atoms with Crippen molar-refractivity contribution < 1.29 is 14.3 Å². The summed E-state index contributed by atoms with van der Waals surface area (Å²) in [6.45, 7) is 5.59. The predicted octanol–water partition coefficient (Wildman–Crippen LogP) is 6.43. The Morgan fingerprint density at radius 1 is 0.927 bits per heavy atom. The average molecular weight is 564 g/mol. The van der Waals surface area contributed by atoms with Gasteiger partial charge in [0.25, 0.3) is 5.91 Å². The van der Waals surface area contributed by atoms with Crippen molar-refractivity contribution in [3.63, 3.8) is 0 Å². The van der Waals surface area contributed by atoms with E-state index in [0.29, 0.717) is 16.8 Å². The van der Waals surface area contributed by atoms with E-state index in [0.717, 1.165) is 52.1 Å². The number of hydrazone groups is 1. The largest absolute Gasteiger partial charge is 0.493 e. The molecule has 0 saturated carbocycles. The third-order valence-electron chi connectivity index (χ3n) is 6.95. The van der Waals surface area contributed by atoms with Gasteiger partial charge in [0.2, 0.25) is 5.17 Å². The van der Waals surface area contributed by atoms with E-state index in [2.05, 4.69) is 20.7 Å². The number of carbonyl (C=O) groups excluding carboxylic acids is 1. The smallest absolute Gasteiger partial charge is 0.283 e. The molecule has 0 spiro atoms. The third kappa shape index (κ3) is 5.53. The number of carbonyl (C=O) groups is 1. The lowest BCUT2D eigenvalue weighted by Crippen LogP contribution is -2.35. The minimum atomic E-state index is -0.450. The number of hydrogen-bond acceptors (Lipinski definition) is 6. The van der Waals surface area contributed by atoms with Crippen molar-refractivity contribution in [2.45, 2.75) is 26.8 Å². The monoisotopic (exact) mass is 563 g/mol. The maximum Gasteiger partial charge on any atom is 0.283 e. The highest BCUT2D eigenvalue weighted by Crippen LogP contribution is 2.31. The summed E-state index contributed by atoms with van der Waals surface area (Å²) in [5.74, 6) is 1.22. The number of ether oxygens (including phenoxy) is 2. The van der Waals surface area contributed by atoms with Crippen LogP contribution in [0.3, 0.4) is 0 Å². The number of hydrogen-bond donors (Lipinski definition) is 1. The number of amides is 1. The van der Waals surface area contributed by atoms with Crippen molar-refractivity contribution in [2.75, 3.05) is 13.2 Å². The van der Waals surface area contributed by atoms with Crippen LogP contribution < -0.4 is 9.47 Å². The van der Waals surface area contributed by atoms with Gasteiger partial charge in [-0.15, -0.1) is 0 Å². The molecule has 8 nitrogen and oxygen atoms in total. The highest BCUT2D eigenvalue weighted by molar-refractivity contribution is 8.27. The van der Waals surface area contributed by atoms with Crippen LogP contribution >= 0.6 is 11.8 Å². The summed E-state index contributed by atoms with van der Waals surface area (Å²) in [6.07, 6.45) is 4.59. The Bertz CT molecular complexity index is 1750. The summed E-state index contributed by atoms with van der Waals surface area (Å²) in [5.41, 5.74) is 4.25. The third-order valence-corrected chi connectivity index (χ3v) is 7.84. The van der Waals surface area contributed by atoms with E-state index in [1.807, 2.05) is 86.8 Å². The highest BCUT2D eigenvalue weighted by Gasteiger charge is 2.36. The van der Waals surface area contributed by atoms with Crippen molar-refractivity contribution in [3.8, 4) is 11.5 Å². The fourth-order valence-electron chi connectivity index (χ4n) is 4.81. The molecular formula is C32H29N5O3S. The van der Waals surface area contributed by atoms with E-state index in [9.17, 15) is 4.79 Å². The first-order valence-corrected chi connectivity index (χ1v) is 14.2. The molecule has 2 aliphatic heterocycles. The molecular weight excluding hydrogens is 534 g/mol. The Balaban J connectivity index is 1.18. The fraction of sp³-hybridized carbons (Fsp3) is 0.188. The summed E-state index contributed by atoms with van der Waals surface area (Å²) in [7, 11) is 0. The van der Waals surface area contributed by atoms with Crippen LogP contribution in [0.1, 0.15) is 23.1 Å². The van der Waals surface area contributed by atoms with Crippen LogP contribution in [0.4, 0.5) is 0 Å². The Morgan fingerprint density at radius 3 is 2.37 bits per heavy atom. The highest BCUT2D eigenvalue weighted by atomic mass is 32.2. The number of thioether (sulfide) groups is 1. The van der Waals surface area contributed by atoms with Crippen LogP contribution in [-0.2, 0) is 11.3 Å². The number of amidine groups is 2. The molecule has 2 aliphatic rings. The molecule has 1 amide bonds. The molecule has 0 atom stereocenters. The van der Waals surface area contributed by atoms with E-state index < -0.39 is 5.91 Å². The van der Waals surface area contributed by atoms with Crippen molar-refractivity contribution in [1.29, 1.82) is 5.41 Å². The van der Waals surface area contributed by atoms with E-state index in [-0.39, 0.29) is 18.0 Å². The van der Waals surface area contributed by atoms with E-state index >= 15 is 0 Å². The van der Waals surface area contributed by atoms with Gasteiger partial charge in [-0.25, -0.2) is 0 Å². The lowest BCUT2D eigenvalue weighted by molar-refractivity contribution is -0.114. The van der Waals surface area contributed by atoms with Gasteiger partial charge in [0.05, 0.1) is 12.2 Å². The molecule has 3 aromatic carbocycles. The van der Waals surface area contributed by atoms with Crippen molar-refractivity contribution in [2.24, 2.45) is 10.1 Å². The maximum absolute atomic E-state index is 13.1. The van der Waals surface area contributed by atoms with E-state index in [1.165, 1.54) is 16.8 Å². The van der Waals surface area contributed by atoms with E-state index in [1.54, 1.807) is 6.08 Å². The molecule has 3 heterocycles. The number of fused-ring (bicyclic) bond motifs is 2. The van der Waals surface area contributed by atoms with Crippen molar-refractivity contribution in [3.05, 3.63) is 101 Å². The van der Waals surface area contributed by atoms with Crippen LogP contribution in [0, 0.1) is 19.3 Å². The second kappa shape index (κ2) is 11.5. The van der Waals surface area contributed by atoms with Gasteiger partial charge >= 0.3 is 0 Å². The summed E-state index contributed by atoms with van der Waals surface area (Å²) < 4.78 is 14.1. The normalized spacial score (nSPS) is 15.8. The molecule has 41 heavy (non-hydrogen) atoms. The first-order valence-electron chi connectivity index (χ1n) is 13.4. The van der Waals surface area contributed by atoms with Gasteiger partial charge in [-0.05, 0) is 67.4 Å². The molecule has 1 aromatic heterocycles. The van der Waals surface area contributed by atoms with Gasteiger partial charge in [0.15, 0.2) is 5.84 Å². The number of aromatic nitrogens is 1. The molecule has 9 heteroatoms. The Morgan fingerprint density at radius 2 is 1.61 bits per heavy atom. The quantitative estimate of drug-likeness (QED) is 0.187. The minimum Gasteiger partial charge on any atom is -0.493 e. The molecule has 0 fully saturated rings. The maximum atomic E-state index is 13.1. The summed E-state index contributed by atoms with van der Waals surface area (Å²) in [5, 5.41) is 16.7. The van der Waals surface area contributed by atoms with Crippen molar-refractivity contribution in [1.82, 2.24) is 9.58 Å². The molecule has 0 bridgehead atoms. The minimum absolute atomic E-state index is 0.00172. The van der Waals surface area contributed by atoms with Gasteiger partial charge in [-0.3, -0.25) is 10.2 Å². The number of para-hydroxylation sites is 3. The lowest BCUT2D eigenvalue weighted by atomic mass is 10.1. The topological polar surface area (TPSA) is 92.3 Å². The van der Waals surface area contributed by atoms with Gasteiger partial charge in [-0.1, -0.05) is 54.6 Å². The first-order chi connectivity index (χ1) is 20.0. The van der Waals surface area contributed by atoms with Crippen LogP contribution in [0.15, 0.2) is 94.7 Å². The van der Waals surface area contributed by atoms with Crippen LogP contribution in [0.5, 0.6) is 11.5 Å². The van der Waals surface area contributed by atoms with Gasteiger partial charge in [0.1, 0.15) is 23.1 Å². The number of rotatable bonds is 9. The second-order valence-corrected chi connectivity index (χ2v) is 10.9. The summed E-state index contributed by atoms with van der Waals surface area (Å²) in [4.78, 5) is 17.3. The van der Waals surface area contributed by atoms with Crippen LogP contribution in [-0.4, -0.2) is 44.7 Å². The van der Waals surface area contributed by atoms with Gasteiger partial charge < -0.3 is 14.0 Å². The molecule has 0 radical (unpaired) electrons. The molecule has 206 valence electrons. The average Bonchev–Trinajstić information content (AvgIpc) is 3.55. The van der Waals surface area contributed by atoms with Gasteiger partial charge in [-0.2, -0.15) is 15.1 Å². The Kier molecular flexibility index (Phi) is 7.43. The molecule has 4 aromatic rings. The fourth-order valence-corrected chi connectivity index (χ4v) is 5.61. The number of nitrogens with one attached hydrogen (secondary N) is 1. The number of benzene rings is 3. The number of nitrogens with zero attached hydrogens (tertiary/aromatic N) is 4. The molecule has 0 saturated heterocycles. The summed E-state index contributed by atoms with van der Waals surface area (Å²) in [6, 6.07) is 23.8. The number of aliphatic imine (C=N–C) groups is 1. The van der Waals surface area contributed by atoms with Crippen LogP contribution in [0.2, 0.25) is 0 Å². The van der Waals surface area contributed by atoms with Gasteiger partial charge in [0, 0.05) is 29.2 Å². The number of aryl methyl sites for hydroxylation is 3. The zero-order chi connectivity index (χ0) is 28.3. The van der Waals surface area contributed by atoms with Crippen LogP contribution in [0.25, 0.3) is 17.0 Å².